The highest BCUT2D eigenvalue weighted by atomic mass is 16.2. The van der Waals surface area contributed by atoms with Crippen molar-refractivity contribution in [2.45, 2.75) is 59.0 Å². The number of quaternary nitrogens is 1. The molecule has 5 heteroatoms. The van der Waals surface area contributed by atoms with Gasteiger partial charge in [-0.15, -0.1) is 0 Å². The maximum Gasteiger partial charge on any atom is 0.279 e. The molecule has 0 saturated heterocycles. The normalized spacial score (nSPS) is 14.4. The van der Waals surface area contributed by atoms with E-state index in [0.29, 0.717) is 42.8 Å². The summed E-state index contributed by atoms with van der Waals surface area (Å²) in [6, 6.07) is 16.6. The van der Waals surface area contributed by atoms with E-state index in [-0.39, 0.29) is 11.8 Å². The molecule has 1 atom stereocenters. The molecule has 2 amide bonds. The molecular formula is C26H36N3O2+. The zero-order valence-electron chi connectivity index (χ0n) is 19.3. The number of carbonyl (C=O) groups excluding carboxylic acids is 2. The van der Waals surface area contributed by atoms with Crippen molar-refractivity contribution < 1.29 is 14.5 Å². The SMILES string of the molecule is CCN(CC)C(=O)c1cccc(NC(=O)C[NH+](Cc2ccc(C(C)C)cc2)C2CC2)c1. The van der Waals surface area contributed by atoms with Crippen LogP contribution < -0.4 is 10.2 Å². The van der Waals surface area contributed by atoms with Gasteiger partial charge in [-0.25, -0.2) is 0 Å². The van der Waals surface area contributed by atoms with Gasteiger partial charge in [0, 0.05) is 42.7 Å². The molecule has 0 aromatic heterocycles. The number of hydrogen-bond acceptors (Lipinski definition) is 2. The lowest BCUT2D eigenvalue weighted by Crippen LogP contribution is -3.13. The summed E-state index contributed by atoms with van der Waals surface area (Å²) in [5.74, 6) is 0.514. The summed E-state index contributed by atoms with van der Waals surface area (Å²) in [6.45, 7) is 11.0. The van der Waals surface area contributed by atoms with Gasteiger partial charge < -0.3 is 15.1 Å². The van der Waals surface area contributed by atoms with Crippen LogP contribution in [0.25, 0.3) is 0 Å². The average Bonchev–Trinajstić information content (AvgIpc) is 3.60. The van der Waals surface area contributed by atoms with Gasteiger partial charge in [-0.2, -0.15) is 0 Å². The molecule has 0 spiro atoms. The predicted octanol–water partition coefficient (Wildman–Crippen LogP) is 3.48. The summed E-state index contributed by atoms with van der Waals surface area (Å²) in [5.41, 5.74) is 3.90. The van der Waals surface area contributed by atoms with Crippen molar-refractivity contribution >= 4 is 17.5 Å². The molecule has 1 saturated carbocycles. The Bertz CT molecular complexity index is 884. The first kappa shape index (κ1) is 23.0. The van der Waals surface area contributed by atoms with E-state index in [2.05, 4.69) is 43.4 Å². The highest BCUT2D eigenvalue weighted by Gasteiger charge is 2.34. The van der Waals surface area contributed by atoms with Crippen LogP contribution in [0.3, 0.4) is 0 Å². The van der Waals surface area contributed by atoms with Crippen LogP contribution in [0.5, 0.6) is 0 Å². The molecule has 0 heterocycles. The number of anilines is 1. The number of carbonyl (C=O) groups is 2. The van der Waals surface area contributed by atoms with E-state index < -0.39 is 0 Å². The first-order chi connectivity index (χ1) is 14.9. The Morgan fingerprint density at radius 1 is 1.06 bits per heavy atom. The maximum absolute atomic E-state index is 12.8. The molecule has 1 aliphatic rings. The second-order valence-corrected chi connectivity index (χ2v) is 8.79. The Morgan fingerprint density at radius 2 is 1.74 bits per heavy atom. The minimum absolute atomic E-state index is 0.00354. The number of hydrogen-bond donors (Lipinski definition) is 2. The Morgan fingerprint density at radius 3 is 2.32 bits per heavy atom. The van der Waals surface area contributed by atoms with Crippen LogP contribution in [0.4, 0.5) is 5.69 Å². The molecule has 2 N–H and O–H groups in total. The van der Waals surface area contributed by atoms with Crippen LogP contribution in [0.2, 0.25) is 0 Å². The van der Waals surface area contributed by atoms with Crippen molar-refractivity contribution in [3.05, 3.63) is 65.2 Å². The number of benzene rings is 2. The van der Waals surface area contributed by atoms with E-state index in [9.17, 15) is 9.59 Å². The van der Waals surface area contributed by atoms with E-state index in [4.69, 9.17) is 0 Å². The molecule has 5 nitrogen and oxygen atoms in total. The predicted molar refractivity (Wildman–Crippen MR) is 125 cm³/mol. The highest BCUT2D eigenvalue weighted by molar-refractivity contribution is 5.97. The Labute approximate surface area is 186 Å². The van der Waals surface area contributed by atoms with Crippen LogP contribution in [0, 0.1) is 0 Å². The fourth-order valence-corrected chi connectivity index (χ4v) is 3.96. The summed E-state index contributed by atoms with van der Waals surface area (Å²) in [5, 5.41) is 3.00. The van der Waals surface area contributed by atoms with Gasteiger partial charge in [0.25, 0.3) is 11.8 Å². The van der Waals surface area contributed by atoms with Crippen molar-refractivity contribution in [2.75, 3.05) is 25.0 Å². The number of nitrogens with zero attached hydrogens (tertiary/aromatic N) is 1. The monoisotopic (exact) mass is 422 g/mol. The van der Waals surface area contributed by atoms with Crippen molar-refractivity contribution in [3.8, 4) is 0 Å². The van der Waals surface area contributed by atoms with Crippen molar-refractivity contribution in [1.29, 1.82) is 0 Å². The van der Waals surface area contributed by atoms with Gasteiger partial charge in [-0.05, 0) is 43.5 Å². The third-order valence-corrected chi connectivity index (χ3v) is 6.06. The molecule has 2 aromatic rings. The van der Waals surface area contributed by atoms with Crippen LogP contribution in [0.1, 0.15) is 67.9 Å². The lowest BCUT2D eigenvalue weighted by molar-refractivity contribution is -0.916. The van der Waals surface area contributed by atoms with Crippen molar-refractivity contribution in [1.82, 2.24) is 4.90 Å². The molecule has 0 aliphatic heterocycles. The molecule has 0 bridgehead atoms. The fraction of sp³-hybridized carbons (Fsp3) is 0.462. The van der Waals surface area contributed by atoms with E-state index in [0.717, 1.165) is 6.54 Å². The minimum atomic E-state index is -0.00635. The van der Waals surface area contributed by atoms with Gasteiger partial charge in [-0.1, -0.05) is 44.2 Å². The standard InChI is InChI=1S/C26H35N3O2/c1-5-28(6-2)26(31)22-8-7-9-23(16-22)27-25(30)18-29(24-14-15-24)17-20-10-12-21(13-11-20)19(3)4/h7-13,16,19,24H,5-6,14-15,17-18H2,1-4H3,(H,27,30)/p+1. The molecule has 1 aliphatic carbocycles. The molecule has 166 valence electrons. The molecule has 1 unspecified atom stereocenters. The minimum Gasteiger partial charge on any atom is -0.339 e. The van der Waals surface area contributed by atoms with E-state index in [1.54, 1.807) is 17.0 Å². The third kappa shape index (κ3) is 6.41. The van der Waals surface area contributed by atoms with Gasteiger partial charge >= 0.3 is 0 Å². The summed E-state index contributed by atoms with van der Waals surface area (Å²) < 4.78 is 0. The van der Waals surface area contributed by atoms with Crippen LogP contribution >= 0.6 is 0 Å². The summed E-state index contributed by atoms with van der Waals surface area (Å²) in [6.07, 6.45) is 2.36. The maximum atomic E-state index is 12.8. The molecule has 1 fully saturated rings. The third-order valence-electron chi connectivity index (χ3n) is 6.06. The summed E-state index contributed by atoms with van der Waals surface area (Å²) >= 11 is 0. The Balaban J connectivity index is 1.62. The van der Waals surface area contributed by atoms with Crippen molar-refractivity contribution in [3.63, 3.8) is 0 Å². The van der Waals surface area contributed by atoms with Crippen LogP contribution in [-0.2, 0) is 11.3 Å². The van der Waals surface area contributed by atoms with Gasteiger partial charge in [-0.3, -0.25) is 9.59 Å². The lowest BCUT2D eigenvalue weighted by atomic mass is 10.0. The topological polar surface area (TPSA) is 53.9 Å². The molecule has 2 aromatic carbocycles. The molecule has 3 rings (SSSR count). The van der Waals surface area contributed by atoms with E-state index >= 15 is 0 Å². The molecule has 31 heavy (non-hydrogen) atoms. The Kier molecular flexibility index (Phi) is 7.85. The summed E-state index contributed by atoms with van der Waals surface area (Å²) in [4.78, 5) is 28.5. The van der Waals surface area contributed by atoms with E-state index in [1.165, 1.54) is 28.9 Å². The highest BCUT2D eigenvalue weighted by Crippen LogP contribution is 2.18. The van der Waals surface area contributed by atoms with Crippen LogP contribution in [-0.4, -0.2) is 42.4 Å². The molecular weight excluding hydrogens is 386 g/mol. The zero-order valence-corrected chi connectivity index (χ0v) is 19.3. The first-order valence-electron chi connectivity index (χ1n) is 11.5. The fourth-order valence-electron chi connectivity index (χ4n) is 3.96. The van der Waals surface area contributed by atoms with Gasteiger partial charge in [0.15, 0.2) is 6.54 Å². The van der Waals surface area contributed by atoms with Gasteiger partial charge in [0.05, 0.1) is 6.04 Å². The summed E-state index contributed by atoms with van der Waals surface area (Å²) in [7, 11) is 0. The zero-order chi connectivity index (χ0) is 22.4. The number of nitrogens with one attached hydrogen (secondary N) is 2. The molecule has 0 radical (unpaired) electrons. The number of amides is 2. The lowest BCUT2D eigenvalue weighted by Gasteiger charge is -2.20. The second kappa shape index (κ2) is 10.6. The van der Waals surface area contributed by atoms with Gasteiger partial charge in [0.2, 0.25) is 0 Å². The smallest absolute Gasteiger partial charge is 0.279 e. The first-order valence-corrected chi connectivity index (χ1v) is 11.5. The Hall–Kier alpha value is -2.66. The largest absolute Gasteiger partial charge is 0.339 e. The quantitative estimate of drug-likeness (QED) is 0.616. The average molecular weight is 423 g/mol. The second-order valence-electron chi connectivity index (χ2n) is 8.79. The van der Waals surface area contributed by atoms with Crippen LogP contribution in [0.15, 0.2) is 48.5 Å². The van der Waals surface area contributed by atoms with E-state index in [1.807, 2.05) is 26.0 Å². The number of rotatable bonds is 10. The van der Waals surface area contributed by atoms with Crippen molar-refractivity contribution in [2.24, 2.45) is 0 Å². The van der Waals surface area contributed by atoms with Gasteiger partial charge in [0.1, 0.15) is 6.54 Å².